The second-order valence-corrected chi connectivity index (χ2v) is 5.41. The van der Waals surface area contributed by atoms with E-state index in [0.717, 1.165) is 25.2 Å². The number of anilines is 2. The van der Waals surface area contributed by atoms with Crippen LogP contribution in [0, 0.1) is 5.92 Å². The van der Waals surface area contributed by atoms with Crippen molar-refractivity contribution in [3.63, 3.8) is 0 Å². The van der Waals surface area contributed by atoms with Crippen molar-refractivity contribution in [3.05, 3.63) is 23.8 Å². The summed E-state index contributed by atoms with van der Waals surface area (Å²) in [7, 11) is 0. The molecule has 1 aromatic rings. The summed E-state index contributed by atoms with van der Waals surface area (Å²) in [4.78, 5) is 24.6. The van der Waals surface area contributed by atoms with Gasteiger partial charge in [-0.3, -0.25) is 4.79 Å². The van der Waals surface area contributed by atoms with Gasteiger partial charge < -0.3 is 15.3 Å². The zero-order chi connectivity index (χ0) is 14.7. The minimum absolute atomic E-state index is 0.208. The number of hydrogen-bond acceptors (Lipinski definition) is 3. The number of nitrogens with zero attached hydrogens (tertiary/aromatic N) is 1. The molecule has 20 heavy (non-hydrogen) atoms. The van der Waals surface area contributed by atoms with Crippen LogP contribution >= 0.6 is 0 Å². The molecule has 2 N–H and O–H groups in total. The quantitative estimate of drug-likeness (QED) is 0.890. The highest BCUT2D eigenvalue weighted by molar-refractivity contribution is 5.97. The number of aromatic carboxylic acids is 1. The maximum atomic E-state index is 11.4. The number of nitrogens with one attached hydrogen (secondary N) is 1. The van der Waals surface area contributed by atoms with Crippen LogP contribution in [0.15, 0.2) is 18.2 Å². The maximum Gasteiger partial charge on any atom is 0.337 e. The van der Waals surface area contributed by atoms with Gasteiger partial charge >= 0.3 is 5.97 Å². The van der Waals surface area contributed by atoms with E-state index in [2.05, 4.69) is 17.1 Å². The number of piperidine rings is 1. The highest BCUT2D eigenvalue weighted by Gasteiger charge is 2.21. The zero-order valence-electron chi connectivity index (χ0n) is 11.8. The van der Waals surface area contributed by atoms with Crippen LogP contribution in [0.4, 0.5) is 11.4 Å². The van der Waals surface area contributed by atoms with Crippen molar-refractivity contribution in [1.29, 1.82) is 0 Å². The van der Waals surface area contributed by atoms with E-state index in [1.54, 1.807) is 12.1 Å². The van der Waals surface area contributed by atoms with E-state index < -0.39 is 5.97 Å². The predicted molar refractivity (Wildman–Crippen MR) is 78.3 cm³/mol. The van der Waals surface area contributed by atoms with Crippen LogP contribution in [0.2, 0.25) is 0 Å². The molecule has 108 valence electrons. The summed E-state index contributed by atoms with van der Waals surface area (Å²) in [6, 6.07) is 5.06. The Hall–Kier alpha value is -2.04. The van der Waals surface area contributed by atoms with Crippen LogP contribution in [-0.2, 0) is 4.79 Å². The lowest BCUT2D eigenvalue weighted by molar-refractivity contribution is -0.114. The maximum absolute atomic E-state index is 11.4. The first-order chi connectivity index (χ1) is 9.47. The number of rotatable bonds is 3. The fourth-order valence-corrected chi connectivity index (χ4v) is 2.67. The molecule has 1 fully saturated rings. The predicted octanol–water partition coefficient (Wildman–Crippen LogP) is 2.58. The van der Waals surface area contributed by atoms with E-state index in [-0.39, 0.29) is 11.5 Å². The average molecular weight is 276 g/mol. The minimum Gasteiger partial charge on any atom is -0.478 e. The van der Waals surface area contributed by atoms with E-state index in [1.807, 2.05) is 0 Å². The van der Waals surface area contributed by atoms with Crippen LogP contribution < -0.4 is 10.2 Å². The molecular weight excluding hydrogens is 256 g/mol. The molecular formula is C15H20N2O3. The number of carboxylic acids is 1. The number of carbonyl (C=O) groups excluding carboxylic acids is 1. The monoisotopic (exact) mass is 276 g/mol. The average Bonchev–Trinajstić information content (AvgIpc) is 2.37. The van der Waals surface area contributed by atoms with Gasteiger partial charge in [0, 0.05) is 25.7 Å². The minimum atomic E-state index is -0.967. The molecule has 0 aromatic heterocycles. The van der Waals surface area contributed by atoms with Crippen molar-refractivity contribution >= 4 is 23.3 Å². The van der Waals surface area contributed by atoms with Gasteiger partial charge in [0.2, 0.25) is 5.91 Å². The third kappa shape index (κ3) is 3.29. The Labute approximate surface area is 118 Å². The summed E-state index contributed by atoms with van der Waals surface area (Å²) in [5.74, 6) is -0.605. The first-order valence-corrected chi connectivity index (χ1v) is 6.87. The molecule has 5 nitrogen and oxygen atoms in total. The summed E-state index contributed by atoms with van der Waals surface area (Å²) in [5, 5.41) is 12.0. The third-order valence-electron chi connectivity index (χ3n) is 3.55. The van der Waals surface area contributed by atoms with E-state index in [4.69, 9.17) is 0 Å². The smallest absolute Gasteiger partial charge is 0.337 e. The fourth-order valence-electron chi connectivity index (χ4n) is 2.67. The topological polar surface area (TPSA) is 69.6 Å². The Morgan fingerprint density at radius 2 is 2.15 bits per heavy atom. The molecule has 1 saturated heterocycles. The largest absolute Gasteiger partial charge is 0.478 e. The molecule has 1 amide bonds. The fraction of sp³-hybridized carbons (Fsp3) is 0.467. The van der Waals surface area contributed by atoms with Crippen molar-refractivity contribution in [2.45, 2.75) is 26.7 Å². The van der Waals surface area contributed by atoms with Crippen LogP contribution in [0.5, 0.6) is 0 Å². The zero-order valence-corrected chi connectivity index (χ0v) is 11.8. The van der Waals surface area contributed by atoms with Crippen molar-refractivity contribution in [3.8, 4) is 0 Å². The van der Waals surface area contributed by atoms with Crippen LogP contribution in [0.3, 0.4) is 0 Å². The van der Waals surface area contributed by atoms with Crippen molar-refractivity contribution < 1.29 is 14.7 Å². The first-order valence-electron chi connectivity index (χ1n) is 6.87. The molecule has 1 unspecified atom stereocenters. The molecule has 0 spiro atoms. The van der Waals surface area contributed by atoms with Gasteiger partial charge in [0.15, 0.2) is 0 Å². The van der Waals surface area contributed by atoms with Crippen molar-refractivity contribution in [2.24, 2.45) is 5.92 Å². The second-order valence-electron chi connectivity index (χ2n) is 5.41. The lowest BCUT2D eigenvalue weighted by Crippen LogP contribution is -2.35. The lowest BCUT2D eigenvalue weighted by atomic mass is 9.98. The Morgan fingerprint density at radius 3 is 2.75 bits per heavy atom. The summed E-state index contributed by atoms with van der Waals surface area (Å²) in [6.45, 7) is 5.34. The van der Waals surface area contributed by atoms with Gasteiger partial charge in [-0.2, -0.15) is 0 Å². The molecule has 1 aromatic carbocycles. The summed E-state index contributed by atoms with van der Waals surface area (Å²) < 4.78 is 0. The molecule has 2 rings (SSSR count). The van der Waals surface area contributed by atoms with Gasteiger partial charge in [-0.05, 0) is 37.0 Å². The first kappa shape index (κ1) is 14.4. The Bertz CT molecular complexity index is 528. The number of carbonyl (C=O) groups is 2. The number of amides is 1. The molecule has 0 bridgehead atoms. The SMILES string of the molecule is CC(=O)Nc1ccc(N2CCCC(C)C2)c(C(=O)O)c1. The Morgan fingerprint density at radius 1 is 1.40 bits per heavy atom. The Kier molecular flexibility index (Phi) is 4.27. The van der Waals surface area contributed by atoms with E-state index in [1.165, 1.54) is 19.4 Å². The van der Waals surface area contributed by atoms with Crippen molar-refractivity contribution in [1.82, 2.24) is 0 Å². The highest BCUT2D eigenvalue weighted by atomic mass is 16.4. The number of carboxylic acid groups (broad SMARTS) is 1. The van der Waals surface area contributed by atoms with Gasteiger partial charge in [-0.15, -0.1) is 0 Å². The molecule has 1 aliphatic heterocycles. The van der Waals surface area contributed by atoms with Gasteiger partial charge in [0.25, 0.3) is 0 Å². The molecule has 0 saturated carbocycles. The van der Waals surface area contributed by atoms with Crippen LogP contribution in [0.25, 0.3) is 0 Å². The number of hydrogen-bond donors (Lipinski definition) is 2. The molecule has 0 radical (unpaired) electrons. The highest BCUT2D eigenvalue weighted by Crippen LogP contribution is 2.28. The van der Waals surface area contributed by atoms with Gasteiger partial charge in [0.1, 0.15) is 0 Å². The van der Waals surface area contributed by atoms with E-state index in [9.17, 15) is 14.7 Å². The van der Waals surface area contributed by atoms with E-state index >= 15 is 0 Å². The van der Waals surface area contributed by atoms with Crippen molar-refractivity contribution in [2.75, 3.05) is 23.3 Å². The second kappa shape index (κ2) is 5.94. The van der Waals surface area contributed by atoms with Gasteiger partial charge in [-0.1, -0.05) is 6.92 Å². The third-order valence-corrected chi connectivity index (χ3v) is 3.55. The molecule has 1 aliphatic rings. The van der Waals surface area contributed by atoms with Gasteiger partial charge in [-0.25, -0.2) is 4.79 Å². The standard InChI is InChI=1S/C15H20N2O3/c1-10-4-3-7-17(9-10)14-6-5-12(16-11(2)18)8-13(14)15(19)20/h5-6,8,10H,3-4,7,9H2,1-2H3,(H,16,18)(H,19,20). The lowest BCUT2D eigenvalue weighted by Gasteiger charge is -2.33. The Balaban J connectivity index is 2.32. The summed E-state index contributed by atoms with van der Waals surface area (Å²) >= 11 is 0. The summed E-state index contributed by atoms with van der Waals surface area (Å²) in [5.41, 5.74) is 1.49. The van der Waals surface area contributed by atoms with Gasteiger partial charge in [0.05, 0.1) is 11.3 Å². The normalized spacial score (nSPS) is 18.7. The summed E-state index contributed by atoms with van der Waals surface area (Å²) in [6.07, 6.45) is 2.26. The molecule has 1 atom stereocenters. The van der Waals surface area contributed by atoms with Crippen LogP contribution in [-0.4, -0.2) is 30.1 Å². The molecule has 0 aliphatic carbocycles. The van der Waals surface area contributed by atoms with Crippen LogP contribution in [0.1, 0.15) is 37.0 Å². The molecule has 5 heteroatoms. The van der Waals surface area contributed by atoms with E-state index in [0.29, 0.717) is 11.6 Å². The number of benzene rings is 1. The molecule has 1 heterocycles.